The Morgan fingerprint density at radius 1 is 1.39 bits per heavy atom. The molecule has 1 unspecified atom stereocenters. The highest BCUT2D eigenvalue weighted by molar-refractivity contribution is 7.99. The molecule has 0 aromatic rings. The van der Waals surface area contributed by atoms with Gasteiger partial charge >= 0.3 is 0 Å². The zero-order chi connectivity index (χ0) is 12.8. The molecule has 0 aromatic heterocycles. The molecule has 0 bridgehead atoms. The molecule has 2 saturated heterocycles. The van der Waals surface area contributed by atoms with Crippen LogP contribution >= 0.6 is 11.8 Å². The molecule has 3 nitrogen and oxygen atoms in total. The highest BCUT2D eigenvalue weighted by atomic mass is 32.2. The molecular formula is C14H28N2OS. The van der Waals surface area contributed by atoms with Crippen molar-refractivity contribution in [2.75, 3.05) is 45.6 Å². The summed E-state index contributed by atoms with van der Waals surface area (Å²) < 4.78 is 5.65. The Labute approximate surface area is 116 Å². The van der Waals surface area contributed by atoms with Crippen LogP contribution in [0, 0.1) is 0 Å². The maximum atomic E-state index is 5.65. The Bertz CT molecular complexity index is 246. The standard InChI is InChI=1S/C14H28N2OS/c1-14(17-2)6-3-9-16(12-14)10-11-18-13-4-7-15-8-5-13/h13,15H,3-12H2,1-2H3. The Kier molecular flexibility index (Phi) is 5.80. The van der Waals surface area contributed by atoms with Gasteiger partial charge in [-0.25, -0.2) is 0 Å². The van der Waals surface area contributed by atoms with Crippen molar-refractivity contribution in [2.24, 2.45) is 0 Å². The van der Waals surface area contributed by atoms with Crippen LogP contribution in [0.4, 0.5) is 0 Å². The number of hydrogen-bond donors (Lipinski definition) is 1. The molecule has 106 valence electrons. The molecule has 0 radical (unpaired) electrons. The number of nitrogens with one attached hydrogen (secondary N) is 1. The van der Waals surface area contributed by atoms with E-state index in [0.29, 0.717) is 0 Å². The second-order valence-corrected chi connectivity index (χ2v) is 7.26. The number of methoxy groups -OCH3 is 1. The Hall–Kier alpha value is 0.230. The SMILES string of the molecule is COC1(C)CCCN(CCSC2CCNCC2)C1. The van der Waals surface area contributed by atoms with E-state index in [1.54, 1.807) is 0 Å². The van der Waals surface area contributed by atoms with Gasteiger partial charge in [-0.1, -0.05) is 0 Å². The average Bonchev–Trinajstić information content (AvgIpc) is 2.40. The van der Waals surface area contributed by atoms with Crippen molar-refractivity contribution in [3.63, 3.8) is 0 Å². The van der Waals surface area contributed by atoms with Crippen LogP contribution in [0.2, 0.25) is 0 Å². The molecular weight excluding hydrogens is 244 g/mol. The summed E-state index contributed by atoms with van der Waals surface area (Å²) in [6.07, 6.45) is 5.19. The van der Waals surface area contributed by atoms with Crippen molar-refractivity contribution < 1.29 is 4.74 Å². The number of rotatable bonds is 5. The van der Waals surface area contributed by atoms with Crippen LogP contribution < -0.4 is 5.32 Å². The molecule has 0 aromatic carbocycles. The molecule has 2 aliphatic rings. The lowest BCUT2D eigenvalue weighted by atomic mass is 9.95. The molecule has 1 N–H and O–H groups in total. The van der Waals surface area contributed by atoms with Crippen LogP contribution in [-0.4, -0.2) is 61.3 Å². The minimum absolute atomic E-state index is 0.0949. The molecule has 18 heavy (non-hydrogen) atoms. The lowest BCUT2D eigenvalue weighted by Crippen LogP contribution is -2.48. The second-order valence-electron chi connectivity index (χ2n) is 5.85. The first-order chi connectivity index (χ1) is 8.72. The van der Waals surface area contributed by atoms with E-state index in [2.05, 4.69) is 28.9 Å². The largest absolute Gasteiger partial charge is 0.377 e. The molecule has 2 fully saturated rings. The van der Waals surface area contributed by atoms with Crippen LogP contribution in [0.5, 0.6) is 0 Å². The predicted molar refractivity (Wildman–Crippen MR) is 79.4 cm³/mol. The summed E-state index contributed by atoms with van der Waals surface area (Å²) >= 11 is 2.18. The van der Waals surface area contributed by atoms with E-state index in [9.17, 15) is 0 Å². The zero-order valence-electron chi connectivity index (χ0n) is 11.9. The van der Waals surface area contributed by atoms with E-state index in [0.717, 1.165) is 11.8 Å². The minimum atomic E-state index is 0.0949. The lowest BCUT2D eigenvalue weighted by molar-refractivity contribution is -0.0491. The maximum Gasteiger partial charge on any atom is 0.0777 e. The van der Waals surface area contributed by atoms with Crippen LogP contribution in [-0.2, 0) is 4.74 Å². The molecule has 0 saturated carbocycles. The summed E-state index contributed by atoms with van der Waals surface area (Å²) in [6.45, 7) is 8.26. The highest BCUT2D eigenvalue weighted by Gasteiger charge is 2.30. The van der Waals surface area contributed by atoms with Gasteiger partial charge < -0.3 is 10.1 Å². The van der Waals surface area contributed by atoms with Crippen molar-refractivity contribution >= 4 is 11.8 Å². The molecule has 2 heterocycles. The number of thioether (sulfide) groups is 1. The molecule has 2 aliphatic heterocycles. The first-order valence-corrected chi connectivity index (χ1v) is 8.36. The van der Waals surface area contributed by atoms with E-state index in [-0.39, 0.29) is 5.60 Å². The predicted octanol–water partition coefficient (Wildman–Crippen LogP) is 1.97. The molecule has 1 atom stereocenters. The van der Waals surface area contributed by atoms with E-state index in [1.807, 2.05) is 7.11 Å². The molecule has 4 heteroatoms. The Morgan fingerprint density at radius 3 is 2.89 bits per heavy atom. The van der Waals surface area contributed by atoms with Crippen LogP contribution in [0.25, 0.3) is 0 Å². The fourth-order valence-corrected chi connectivity index (χ4v) is 4.24. The summed E-state index contributed by atoms with van der Waals surface area (Å²) in [7, 11) is 1.85. The third-order valence-corrected chi connectivity index (χ3v) is 5.64. The van der Waals surface area contributed by atoms with Crippen molar-refractivity contribution in [3.05, 3.63) is 0 Å². The highest BCUT2D eigenvalue weighted by Crippen LogP contribution is 2.25. The van der Waals surface area contributed by atoms with Gasteiger partial charge in [0.2, 0.25) is 0 Å². The van der Waals surface area contributed by atoms with Gasteiger partial charge in [0.25, 0.3) is 0 Å². The van der Waals surface area contributed by atoms with Gasteiger partial charge in [-0.05, 0) is 52.2 Å². The molecule has 0 spiro atoms. The fraction of sp³-hybridized carbons (Fsp3) is 1.00. The van der Waals surface area contributed by atoms with Crippen molar-refractivity contribution in [1.82, 2.24) is 10.2 Å². The minimum Gasteiger partial charge on any atom is -0.377 e. The van der Waals surface area contributed by atoms with E-state index < -0.39 is 0 Å². The van der Waals surface area contributed by atoms with Crippen LogP contribution in [0.1, 0.15) is 32.6 Å². The second kappa shape index (κ2) is 7.13. The molecule has 0 aliphatic carbocycles. The third-order valence-electron chi connectivity index (χ3n) is 4.28. The van der Waals surface area contributed by atoms with E-state index in [4.69, 9.17) is 4.74 Å². The quantitative estimate of drug-likeness (QED) is 0.827. The summed E-state index contributed by atoms with van der Waals surface area (Å²) in [5.74, 6) is 1.28. The smallest absolute Gasteiger partial charge is 0.0777 e. The number of ether oxygens (including phenoxy) is 1. The van der Waals surface area contributed by atoms with Crippen LogP contribution in [0.3, 0.4) is 0 Å². The van der Waals surface area contributed by atoms with Crippen molar-refractivity contribution in [2.45, 2.75) is 43.5 Å². The molecule has 0 amide bonds. The lowest BCUT2D eigenvalue weighted by Gasteiger charge is -2.39. The Balaban J connectivity index is 1.63. The normalized spacial score (nSPS) is 31.7. The van der Waals surface area contributed by atoms with Gasteiger partial charge in [-0.2, -0.15) is 11.8 Å². The molecule has 2 rings (SSSR count). The number of likely N-dealkylation sites (tertiary alicyclic amines) is 1. The fourth-order valence-electron chi connectivity index (χ4n) is 2.98. The summed E-state index contributed by atoms with van der Waals surface area (Å²) in [6, 6.07) is 0. The van der Waals surface area contributed by atoms with Crippen LogP contribution in [0.15, 0.2) is 0 Å². The summed E-state index contributed by atoms with van der Waals surface area (Å²) in [5, 5.41) is 4.33. The summed E-state index contributed by atoms with van der Waals surface area (Å²) in [5.41, 5.74) is 0.0949. The van der Waals surface area contributed by atoms with Gasteiger partial charge in [-0.3, -0.25) is 4.90 Å². The first kappa shape index (κ1) is 14.6. The van der Waals surface area contributed by atoms with Gasteiger partial charge in [0.15, 0.2) is 0 Å². The number of hydrogen-bond acceptors (Lipinski definition) is 4. The first-order valence-electron chi connectivity index (χ1n) is 7.32. The van der Waals surface area contributed by atoms with Crippen molar-refractivity contribution in [1.29, 1.82) is 0 Å². The maximum absolute atomic E-state index is 5.65. The summed E-state index contributed by atoms with van der Waals surface area (Å²) in [4.78, 5) is 2.58. The van der Waals surface area contributed by atoms with Gasteiger partial charge in [0.1, 0.15) is 0 Å². The average molecular weight is 272 g/mol. The van der Waals surface area contributed by atoms with Gasteiger partial charge in [0.05, 0.1) is 5.60 Å². The Morgan fingerprint density at radius 2 is 2.17 bits per heavy atom. The number of piperidine rings is 2. The van der Waals surface area contributed by atoms with E-state index in [1.165, 1.54) is 57.6 Å². The monoisotopic (exact) mass is 272 g/mol. The van der Waals surface area contributed by atoms with E-state index >= 15 is 0 Å². The van der Waals surface area contributed by atoms with Crippen molar-refractivity contribution in [3.8, 4) is 0 Å². The zero-order valence-corrected chi connectivity index (χ0v) is 12.7. The third kappa shape index (κ3) is 4.41. The number of nitrogens with zero attached hydrogens (tertiary/aromatic N) is 1. The van der Waals surface area contributed by atoms with Gasteiger partial charge in [-0.15, -0.1) is 0 Å². The topological polar surface area (TPSA) is 24.5 Å². The van der Waals surface area contributed by atoms with Gasteiger partial charge in [0, 0.05) is 31.2 Å².